The fourth-order valence-corrected chi connectivity index (χ4v) is 9.03. The van der Waals surface area contributed by atoms with E-state index >= 15 is 0 Å². The van der Waals surface area contributed by atoms with Crippen LogP contribution in [0.2, 0.25) is 0 Å². The minimum atomic E-state index is 0.562. The Labute approximate surface area is 309 Å². The zero-order valence-electron chi connectivity index (χ0n) is 28.4. The lowest BCUT2D eigenvalue weighted by Gasteiger charge is -2.41. The highest BCUT2D eigenvalue weighted by Crippen LogP contribution is 2.59. The third-order valence-electron chi connectivity index (χ3n) is 10.2. The van der Waals surface area contributed by atoms with E-state index in [-0.39, 0.29) is 0 Å². The summed E-state index contributed by atoms with van der Waals surface area (Å²) in [5.41, 5.74) is 7.16. The molecule has 0 bridgehead atoms. The summed E-state index contributed by atoms with van der Waals surface area (Å²) in [6, 6.07) is 62.0. The molecule has 0 N–H and O–H groups in total. The van der Waals surface area contributed by atoms with Gasteiger partial charge < -0.3 is 4.90 Å². The summed E-state index contributed by atoms with van der Waals surface area (Å²) in [5, 5.41) is 7.09. The number of hydrogen-bond acceptors (Lipinski definition) is 6. The maximum Gasteiger partial charge on any atom is 0.238 e. The number of thiophene rings is 1. The molecule has 0 saturated carbocycles. The predicted octanol–water partition coefficient (Wildman–Crippen LogP) is 13.1. The molecule has 10 aromatic rings. The van der Waals surface area contributed by atoms with Gasteiger partial charge in [-0.2, -0.15) is 9.97 Å². The highest BCUT2D eigenvalue weighted by atomic mass is 32.1. The quantitative estimate of drug-likeness (QED) is 0.183. The van der Waals surface area contributed by atoms with E-state index < -0.39 is 0 Å². The van der Waals surface area contributed by atoms with Crippen molar-refractivity contribution in [1.29, 1.82) is 0 Å². The summed E-state index contributed by atoms with van der Waals surface area (Å²) in [7, 11) is 0. The van der Waals surface area contributed by atoms with Crippen LogP contribution in [0.15, 0.2) is 176 Å². The first-order chi connectivity index (χ1) is 26.3. The fraction of sp³-hybridized carbons (Fsp3) is 0. The number of benzene rings is 8. The molecule has 0 saturated heterocycles. The Balaban J connectivity index is 1.27. The molecule has 248 valence electrons. The van der Waals surface area contributed by atoms with E-state index in [9.17, 15) is 0 Å². The van der Waals surface area contributed by atoms with Gasteiger partial charge in [0, 0.05) is 37.4 Å². The summed E-state index contributed by atoms with van der Waals surface area (Å²) in [4.78, 5) is 20.4. The largest absolute Gasteiger partial charge is 0.304 e. The van der Waals surface area contributed by atoms with Crippen LogP contribution in [0.25, 0.3) is 64.5 Å². The van der Waals surface area contributed by atoms with E-state index in [1.165, 1.54) is 20.2 Å². The van der Waals surface area contributed by atoms with Crippen LogP contribution < -0.4 is 9.80 Å². The van der Waals surface area contributed by atoms with Crippen LogP contribution in [0.5, 0.6) is 0 Å². The van der Waals surface area contributed by atoms with Gasteiger partial charge >= 0.3 is 0 Å². The van der Waals surface area contributed by atoms with E-state index in [1.807, 2.05) is 47.7 Å². The molecule has 5 nitrogen and oxygen atoms in total. The number of anilines is 6. The van der Waals surface area contributed by atoms with E-state index in [0.29, 0.717) is 17.6 Å². The first-order valence-electron chi connectivity index (χ1n) is 17.7. The lowest BCUT2D eigenvalue weighted by Crippen LogP contribution is -2.26. The van der Waals surface area contributed by atoms with Crippen LogP contribution >= 0.6 is 11.3 Å². The minimum absolute atomic E-state index is 0.562. The lowest BCUT2D eigenvalue weighted by molar-refractivity contribution is 1.02. The van der Waals surface area contributed by atoms with Crippen molar-refractivity contribution in [2.24, 2.45) is 0 Å². The van der Waals surface area contributed by atoms with E-state index in [0.717, 1.165) is 61.1 Å². The number of hydrogen-bond donors (Lipinski definition) is 0. The van der Waals surface area contributed by atoms with Gasteiger partial charge in [0.1, 0.15) is 0 Å². The first kappa shape index (κ1) is 29.8. The lowest BCUT2D eigenvalue weighted by atomic mass is 9.97. The molecule has 0 unspecified atom stereocenters. The molecule has 0 atom stereocenters. The SMILES string of the molecule is c1ccc(-c2nc(-c3ccccc3)nc(N3c4ccc5ccccc5c4N(c4cccc5c4sc4ccccc45)c4ccc5ccccc5c43)n2)cc1. The molecule has 1 aliphatic heterocycles. The highest BCUT2D eigenvalue weighted by Gasteiger charge is 2.36. The van der Waals surface area contributed by atoms with E-state index in [4.69, 9.17) is 15.0 Å². The summed E-state index contributed by atoms with van der Waals surface area (Å²) in [5.74, 6) is 1.80. The topological polar surface area (TPSA) is 45.2 Å². The van der Waals surface area contributed by atoms with E-state index in [1.54, 1.807) is 0 Å². The van der Waals surface area contributed by atoms with Crippen molar-refractivity contribution in [3.63, 3.8) is 0 Å². The van der Waals surface area contributed by atoms with Crippen molar-refractivity contribution < 1.29 is 0 Å². The number of aromatic nitrogens is 3. The van der Waals surface area contributed by atoms with Gasteiger partial charge in [0.05, 0.1) is 33.1 Å². The summed E-state index contributed by atoms with van der Waals surface area (Å²) in [6.07, 6.45) is 0. The highest BCUT2D eigenvalue weighted by molar-refractivity contribution is 7.26. The maximum atomic E-state index is 5.30. The first-order valence-corrected chi connectivity index (χ1v) is 18.5. The smallest absolute Gasteiger partial charge is 0.238 e. The van der Waals surface area contributed by atoms with Gasteiger partial charge in [-0.25, -0.2) is 4.98 Å². The van der Waals surface area contributed by atoms with Crippen LogP contribution in [0, 0.1) is 0 Å². The summed E-state index contributed by atoms with van der Waals surface area (Å²) >= 11 is 1.85. The molecular formula is C47H29N5S. The molecule has 11 rings (SSSR count). The Kier molecular flexibility index (Phi) is 6.66. The molecule has 0 radical (unpaired) electrons. The van der Waals surface area contributed by atoms with Crippen molar-refractivity contribution in [3.8, 4) is 22.8 Å². The minimum Gasteiger partial charge on any atom is -0.304 e. The third-order valence-corrected chi connectivity index (χ3v) is 11.4. The molecule has 0 amide bonds. The van der Waals surface area contributed by atoms with Gasteiger partial charge in [0.2, 0.25) is 5.95 Å². The van der Waals surface area contributed by atoms with Crippen molar-refractivity contribution in [2.75, 3.05) is 9.80 Å². The average molecular weight is 696 g/mol. The standard InChI is InChI=1S/C47H29N5S/c1-3-16-32(17-4-1)45-48-46(33-18-5-2-6-19-33)50-47(49-45)52-39-29-27-30-14-7-9-20-34(30)42(39)51(38-28-26-31-15-8-10-21-35(31)43(38)52)40-24-13-23-37-36-22-11-12-25-41(36)53-44(37)40/h1-29H. The fourth-order valence-electron chi connectivity index (χ4n) is 7.82. The number of rotatable bonds is 4. The Morgan fingerprint density at radius 2 is 0.868 bits per heavy atom. The van der Waals surface area contributed by atoms with Crippen molar-refractivity contribution in [1.82, 2.24) is 15.0 Å². The third kappa shape index (κ3) is 4.66. The number of fused-ring (bicyclic) bond motifs is 9. The predicted molar refractivity (Wildman–Crippen MR) is 222 cm³/mol. The Morgan fingerprint density at radius 1 is 0.358 bits per heavy atom. The molecule has 8 aromatic carbocycles. The van der Waals surface area contributed by atoms with Crippen LogP contribution in [0.1, 0.15) is 0 Å². The van der Waals surface area contributed by atoms with Crippen LogP contribution in [-0.4, -0.2) is 15.0 Å². The molecule has 6 heteroatoms. The van der Waals surface area contributed by atoms with Gasteiger partial charge in [-0.3, -0.25) is 4.90 Å². The monoisotopic (exact) mass is 695 g/mol. The Bertz CT molecular complexity index is 2970. The average Bonchev–Trinajstić information content (AvgIpc) is 3.62. The van der Waals surface area contributed by atoms with Crippen LogP contribution in [-0.2, 0) is 0 Å². The van der Waals surface area contributed by atoms with Gasteiger partial charge in [-0.05, 0) is 35.0 Å². The second-order valence-corrected chi connectivity index (χ2v) is 14.3. The van der Waals surface area contributed by atoms with E-state index in [2.05, 4.69) is 149 Å². The Hall–Kier alpha value is -6.89. The van der Waals surface area contributed by atoms with Crippen molar-refractivity contribution in [3.05, 3.63) is 176 Å². The zero-order chi connectivity index (χ0) is 34.9. The van der Waals surface area contributed by atoms with Gasteiger partial charge in [-0.15, -0.1) is 11.3 Å². The molecule has 2 aromatic heterocycles. The Morgan fingerprint density at radius 3 is 1.51 bits per heavy atom. The molecule has 53 heavy (non-hydrogen) atoms. The molecule has 0 spiro atoms. The zero-order valence-corrected chi connectivity index (χ0v) is 29.2. The molecule has 0 fully saturated rings. The normalized spacial score (nSPS) is 12.5. The number of nitrogens with zero attached hydrogens (tertiary/aromatic N) is 5. The van der Waals surface area contributed by atoms with Crippen molar-refractivity contribution >= 4 is 87.4 Å². The summed E-state index contributed by atoms with van der Waals surface area (Å²) < 4.78 is 2.52. The van der Waals surface area contributed by atoms with Crippen LogP contribution in [0.3, 0.4) is 0 Å². The second-order valence-electron chi connectivity index (χ2n) is 13.2. The maximum absolute atomic E-state index is 5.30. The van der Waals surface area contributed by atoms with Gasteiger partial charge in [-0.1, -0.05) is 152 Å². The molecular weight excluding hydrogens is 667 g/mol. The summed E-state index contributed by atoms with van der Waals surface area (Å²) in [6.45, 7) is 0. The van der Waals surface area contributed by atoms with Crippen molar-refractivity contribution in [2.45, 2.75) is 0 Å². The second kappa shape index (κ2) is 11.8. The molecule has 1 aliphatic rings. The van der Waals surface area contributed by atoms with Crippen LogP contribution in [0.4, 0.5) is 34.4 Å². The molecule has 3 heterocycles. The van der Waals surface area contributed by atoms with Gasteiger partial charge in [0.15, 0.2) is 11.6 Å². The van der Waals surface area contributed by atoms with Gasteiger partial charge in [0.25, 0.3) is 0 Å². The molecule has 0 aliphatic carbocycles.